The molecule has 20 heavy (non-hydrogen) atoms. The minimum Gasteiger partial charge on any atom is -0.404 e. The van der Waals surface area contributed by atoms with E-state index in [2.05, 4.69) is 5.10 Å². The quantitative estimate of drug-likeness (QED) is 0.553. The lowest BCUT2D eigenvalue weighted by atomic mass is 9.97. The van der Waals surface area contributed by atoms with E-state index in [4.69, 9.17) is 16.9 Å². The van der Waals surface area contributed by atoms with Gasteiger partial charge in [-0.15, -0.1) is 0 Å². The highest BCUT2D eigenvalue weighted by Gasteiger charge is 2.32. The smallest absolute Gasteiger partial charge is 0.277 e. The number of nitrogens with zero attached hydrogens (tertiary/aromatic N) is 2. The maximum absolute atomic E-state index is 12.2. The molecule has 0 fully saturated rings. The molecule has 1 aromatic carbocycles. The van der Waals surface area contributed by atoms with E-state index < -0.39 is 0 Å². The molecule has 1 amide bonds. The largest absolute Gasteiger partial charge is 0.404 e. The number of nitrogens with two attached hydrogens (primary N) is 2. The number of hydrazone groups is 1. The van der Waals surface area contributed by atoms with Crippen LogP contribution in [-0.2, 0) is 4.79 Å². The van der Waals surface area contributed by atoms with Crippen LogP contribution in [0.1, 0.15) is 19.4 Å². The predicted octanol–water partition coefficient (Wildman–Crippen LogP) is 1.09. The molecule has 1 aromatic rings. The van der Waals surface area contributed by atoms with Gasteiger partial charge in [0.1, 0.15) is 5.71 Å². The molecule has 0 atom stereocenters. The minimum absolute atomic E-state index is 0.00713. The number of hydrogen-bond acceptors (Lipinski definition) is 5. The normalized spacial score (nSPS) is 17.9. The molecule has 0 spiro atoms. The molecule has 1 aliphatic rings. The molecule has 5 N–H and O–H groups in total. The van der Waals surface area contributed by atoms with Crippen LogP contribution in [0.15, 0.2) is 41.1 Å². The van der Waals surface area contributed by atoms with Crippen LogP contribution in [0.3, 0.4) is 0 Å². The van der Waals surface area contributed by atoms with Gasteiger partial charge in [-0.1, -0.05) is 18.2 Å². The van der Waals surface area contributed by atoms with E-state index in [-0.39, 0.29) is 23.2 Å². The number of amides is 1. The Kier molecular flexibility index (Phi) is 3.56. The fourth-order valence-electron chi connectivity index (χ4n) is 1.97. The zero-order valence-corrected chi connectivity index (χ0v) is 11.4. The first-order valence-electron chi connectivity index (χ1n) is 6.25. The highest BCUT2D eigenvalue weighted by molar-refractivity contribution is 6.58. The van der Waals surface area contributed by atoms with Crippen LogP contribution in [0.5, 0.6) is 0 Å². The molecular weight excluding hydrogens is 254 g/mol. The summed E-state index contributed by atoms with van der Waals surface area (Å²) < 4.78 is 0. The molecule has 0 saturated carbocycles. The van der Waals surface area contributed by atoms with Crippen molar-refractivity contribution in [3.05, 3.63) is 41.6 Å². The molecule has 6 nitrogen and oxygen atoms in total. The van der Waals surface area contributed by atoms with Crippen LogP contribution >= 0.6 is 0 Å². The van der Waals surface area contributed by atoms with Gasteiger partial charge in [-0.3, -0.25) is 10.2 Å². The van der Waals surface area contributed by atoms with Crippen LogP contribution in [0.4, 0.5) is 5.69 Å². The molecule has 0 radical (unpaired) electrons. The molecule has 0 saturated heterocycles. The Morgan fingerprint density at radius 1 is 1.35 bits per heavy atom. The van der Waals surface area contributed by atoms with E-state index in [1.54, 1.807) is 18.2 Å². The summed E-state index contributed by atoms with van der Waals surface area (Å²) in [7, 11) is 0. The predicted molar refractivity (Wildman–Crippen MR) is 79.4 cm³/mol. The van der Waals surface area contributed by atoms with Gasteiger partial charge in [0, 0.05) is 17.5 Å². The molecule has 0 unspecified atom stereocenters. The zero-order chi connectivity index (χ0) is 14.9. The van der Waals surface area contributed by atoms with Crippen molar-refractivity contribution in [1.29, 1.82) is 5.41 Å². The molecule has 2 rings (SSSR count). The maximum atomic E-state index is 12.2. The Bertz CT molecular complexity index is 630. The van der Waals surface area contributed by atoms with Crippen LogP contribution in [0, 0.1) is 5.41 Å². The molecule has 0 bridgehead atoms. The summed E-state index contributed by atoms with van der Waals surface area (Å²) in [5, 5.41) is 13.7. The third kappa shape index (κ3) is 2.16. The number of anilines is 1. The van der Waals surface area contributed by atoms with Crippen molar-refractivity contribution in [2.24, 2.45) is 10.8 Å². The number of nitrogens with one attached hydrogen (secondary N) is 1. The summed E-state index contributed by atoms with van der Waals surface area (Å²) in [6.07, 6.45) is 1.15. The van der Waals surface area contributed by atoms with Crippen LogP contribution < -0.4 is 11.5 Å². The average molecular weight is 271 g/mol. The number of rotatable bonds is 2. The average Bonchev–Trinajstić information content (AvgIpc) is 2.40. The fourth-order valence-corrected chi connectivity index (χ4v) is 1.97. The minimum atomic E-state index is -0.370. The molecule has 1 aliphatic heterocycles. The van der Waals surface area contributed by atoms with E-state index in [9.17, 15) is 4.79 Å². The molecule has 104 valence electrons. The summed E-state index contributed by atoms with van der Waals surface area (Å²) in [5.74, 6) is -0.370. The van der Waals surface area contributed by atoms with E-state index in [1.165, 1.54) is 5.01 Å². The Labute approximate surface area is 117 Å². The van der Waals surface area contributed by atoms with Gasteiger partial charge in [0.05, 0.1) is 17.3 Å². The highest BCUT2D eigenvalue weighted by Crippen LogP contribution is 2.21. The first-order valence-corrected chi connectivity index (χ1v) is 6.25. The number of carbonyl (C=O) groups is 1. The second-order valence-electron chi connectivity index (χ2n) is 4.73. The van der Waals surface area contributed by atoms with Crippen molar-refractivity contribution in [3.8, 4) is 0 Å². The lowest BCUT2D eigenvalue weighted by Gasteiger charge is -2.28. The van der Waals surface area contributed by atoms with Gasteiger partial charge in [0.25, 0.3) is 5.91 Å². The van der Waals surface area contributed by atoms with Crippen molar-refractivity contribution >= 4 is 23.0 Å². The van der Waals surface area contributed by atoms with Crippen molar-refractivity contribution < 1.29 is 4.79 Å². The number of hydrogen-bond donors (Lipinski definition) is 3. The third-order valence-electron chi connectivity index (χ3n) is 3.02. The molecular formula is C14H17N5O. The van der Waals surface area contributed by atoms with E-state index in [0.717, 1.165) is 6.20 Å². The van der Waals surface area contributed by atoms with Gasteiger partial charge < -0.3 is 11.5 Å². The van der Waals surface area contributed by atoms with Gasteiger partial charge in [0.2, 0.25) is 0 Å². The molecule has 6 heteroatoms. The Morgan fingerprint density at radius 3 is 2.55 bits per heavy atom. The first-order chi connectivity index (χ1) is 9.47. The summed E-state index contributed by atoms with van der Waals surface area (Å²) >= 11 is 0. The van der Waals surface area contributed by atoms with Crippen LogP contribution in [0.2, 0.25) is 0 Å². The second-order valence-corrected chi connectivity index (χ2v) is 4.73. The highest BCUT2D eigenvalue weighted by atomic mass is 16.2. The van der Waals surface area contributed by atoms with Crippen molar-refractivity contribution in [3.63, 3.8) is 0 Å². The Hall–Kier alpha value is -2.63. The summed E-state index contributed by atoms with van der Waals surface area (Å²) in [6, 6.07) is 6.98. The van der Waals surface area contributed by atoms with E-state index in [0.29, 0.717) is 17.0 Å². The van der Waals surface area contributed by atoms with E-state index >= 15 is 0 Å². The van der Waals surface area contributed by atoms with Crippen LogP contribution in [-0.4, -0.2) is 28.4 Å². The first kappa shape index (κ1) is 13.8. The number of carbonyl (C=O) groups excluding carboxylic acids is 1. The lowest BCUT2D eigenvalue weighted by molar-refractivity contribution is -0.128. The van der Waals surface area contributed by atoms with Crippen molar-refractivity contribution in [2.45, 2.75) is 19.9 Å². The van der Waals surface area contributed by atoms with Gasteiger partial charge in [-0.25, -0.2) is 5.01 Å². The Morgan fingerprint density at radius 2 is 2.00 bits per heavy atom. The van der Waals surface area contributed by atoms with Gasteiger partial charge in [0.15, 0.2) is 0 Å². The van der Waals surface area contributed by atoms with Crippen molar-refractivity contribution in [1.82, 2.24) is 5.01 Å². The summed E-state index contributed by atoms with van der Waals surface area (Å²) in [5.41, 5.74) is 13.0. The molecule has 0 aromatic heterocycles. The number of benzene rings is 1. The maximum Gasteiger partial charge on any atom is 0.277 e. The van der Waals surface area contributed by atoms with E-state index in [1.807, 2.05) is 19.9 Å². The van der Waals surface area contributed by atoms with Gasteiger partial charge >= 0.3 is 0 Å². The molecule has 1 heterocycles. The second kappa shape index (κ2) is 5.16. The summed E-state index contributed by atoms with van der Waals surface area (Å²) in [4.78, 5) is 12.2. The van der Waals surface area contributed by atoms with Crippen LogP contribution in [0.25, 0.3) is 0 Å². The number of para-hydroxylation sites is 1. The molecule has 0 aliphatic carbocycles. The number of nitrogen functional groups attached to an aromatic ring is 1. The summed E-state index contributed by atoms with van der Waals surface area (Å²) in [6.45, 7) is 3.69. The monoisotopic (exact) mass is 271 g/mol. The standard InChI is InChI=1S/C14H17N5O/c1-8(2)19-14(20)10(7-15)12(17)13(18-19)9-5-3-4-6-11(9)16/h3-8,17H,15-16H2,1-2H3/b10-7+,17-12?. The Balaban J connectivity index is 2.62. The topological polar surface area (TPSA) is 109 Å². The van der Waals surface area contributed by atoms with Crippen molar-refractivity contribution in [2.75, 3.05) is 5.73 Å². The van der Waals surface area contributed by atoms with Gasteiger partial charge in [-0.05, 0) is 19.9 Å². The third-order valence-corrected chi connectivity index (χ3v) is 3.02. The SMILES string of the molecule is CC(C)N1N=C(c2ccccc2N)C(=N)/C(=C\N)C1=O. The lowest BCUT2D eigenvalue weighted by Crippen LogP contribution is -2.43. The zero-order valence-electron chi connectivity index (χ0n) is 11.4. The fraction of sp³-hybridized carbons (Fsp3) is 0.214. The van der Waals surface area contributed by atoms with Gasteiger partial charge in [-0.2, -0.15) is 5.10 Å².